The van der Waals surface area contributed by atoms with Gasteiger partial charge in [0.15, 0.2) is 9.92 Å². The normalized spacial score (nSPS) is 20.9. The summed E-state index contributed by atoms with van der Waals surface area (Å²) in [5.74, 6) is 0.660. The van der Waals surface area contributed by atoms with Crippen molar-refractivity contribution in [2.24, 2.45) is 9.50 Å². The second-order valence-corrected chi connectivity index (χ2v) is 10.1. The molecular formula is C21H27N5O4S. The van der Waals surface area contributed by atoms with Gasteiger partial charge in [-0.3, -0.25) is 0 Å². The number of nitrogens with zero attached hydrogens (tertiary/aromatic N) is 3. The number of urea groups is 1. The lowest BCUT2D eigenvalue weighted by Gasteiger charge is -2.17. The fourth-order valence-corrected chi connectivity index (χ4v) is 6.00. The number of methoxy groups -OCH3 is 1. The van der Waals surface area contributed by atoms with Gasteiger partial charge < -0.3 is 14.8 Å². The molecule has 5 rings (SSSR count). The molecule has 0 radical (unpaired) electrons. The van der Waals surface area contributed by atoms with Gasteiger partial charge in [-0.1, -0.05) is 6.07 Å². The van der Waals surface area contributed by atoms with Crippen LogP contribution in [0.1, 0.15) is 47.4 Å². The van der Waals surface area contributed by atoms with E-state index in [1.54, 1.807) is 11.8 Å². The monoisotopic (exact) mass is 445 g/mol. The number of aryl methyl sites for hydroxylation is 2. The Bertz CT molecular complexity index is 1170. The molecule has 2 aliphatic carbocycles. The topological polar surface area (TPSA) is 121 Å². The van der Waals surface area contributed by atoms with Gasteiger partial charge >= 0.3 is 6.03 Å². The predicted molar refractivity (Wildman–Crippen MR) is 116 cm³/mol. The Balaban J connectivity index is 1.48. The number of anilines is 1. The number of aromatic nitrogens is 2. The maximum Gasteiger partial charge on any atom is 0.354 e. The van der Waals surface area contributed by atoms with Gasteiger partial charge in [0, 0.05) is 31.7 Å². The number of amides is 2. The van der Waals surface area contributed by atoms with Gasteiger partial charge in [-0.25, -0.2) is 18.8 Å². The number of carbonyl (C=O) groups is 1. The minimum Gasteiger partial charge on any atom is -0.477 e. The van der Waals surface area contributed by atoms with Crippen molar-refractivity contribution in [1.29, 1.82) is 0 Å². The van der Waals surface area contributed by atoms with Crippen molar-refractivity contribution in [3.63, 3.8) is 0 Å². The minimum atomic E-state index is -3.49. The quantitative estimate of drug-likeness (QED) is 0.750. The van der Waals surface area contributed by atoms with Gasteiger partial charge in [0.1, 0.15) is 4.90 Å². The summed E-state index contributed by atoms with van der Waals surface area (Å²) in [5.41, 5.74) is 5.63. The van der Waals surface area contributed by atoms with Crippen LogP contribution in [0.3, 0.4) is 0 Å². The molecule has 2 amide bonds. The smallest absolute Gasteiger partial charge is 0.354 e. The van der Waals surface area contributed by atoms with E-state index in [4.69, 9.17) is 14.6 Å². The number of nitrogens with two attached hydrogens (primary N) is 1. The molecule has 2 heterocycles. The van der Waals surface area contributed by atoms with Gasteiger partial charge in [-0.2, -0.15) is 5.10 Å². The Morgan fingerprint density at radius 3 is 3.10 bits per heavy atom. The van der Waals surface area contributed by atoms with Crippen LogP contribution in [0.25, 0.3) is 0 Å². The average molecular weight is 446 g/mol. The highest BCUT2D eigenvalue weighted by atomic mass is 32.2. The van der Waals surface area contributed by atoms with Crippen molar-refractivity contribution in [1.82, 2.24) is 9.78 Å². The van der Waals surface area contributed by atoms with Crippen molar-refractivity contribution in [2.75, 3.05) is 25.6 Å². The summed E-state index contributed by atoms with van der Waals surface area (Å²) in [6.45, 7) is 1.81. The third-order valence-corrected chi connectivity index (χ3v) is 7.72. The number of nitrogens with one attached hydrogen (secondary N) is 1. The SMILES string of the molecule is COC[C@H]1CCc2c1cc1c(c2NC(=O)N=S(N)(=O)c2cnn3c2OCCC3)CCC1. The molecule has 3 N–H and O–H groups in total. The zero-order valence-corrected chi connectivity index (χ0v) is 18.4. The number of hydrogen-bond acceptors (Lipinski definition) is 5. The molecule has 0 saturated heterocycles. The van der Waals surface area contributed by atoms with E-state index in [9.17, 15) is 9.00 Å². The Labute approximate surface area is 181 Å². The molecule has 166 valence electrons. The summed E-state index contributed by atoms with van der Waals surface area (Å²) >= 11 is 0. The van der Waals surface area contributed by atoms with Crippen LogP contribution in [0.4, 0.5) is 10.5 Å². The number of rotatable bonds is 4. The highest BCUT2D eigenvalue weighted by Crippen LogP contribution is 2.43. The van der Waals surface area contributed by atoms with Crippen LogP contribution in [-0.2, 0) is 40.5 Å². The minimum absolute atomic E-state index is 0.158. The summed E-state index contributed by atoms with van der Waals surface area (Å²) in [6, 6.07) is 1.57. The molecule has 1 aromatic carbocycles. The summed E-state index contributed by atoms with van der Waals surface area (Å²) in [5, 5.41) is 13.1. The van der Waals surface area contributed by atoms with Crippen molar-refractivity contribution in [2.45, 2.75) is 55.9 Å². The lowest BCUT2D eigenvalue weighted by atomic mass is 9.95. The first-order valence-electron chi connectivity index (χ1n) is 10.7. The van der Waals surface area contributed by atoms with Crippen LogP contribution in [-0.4, -0.2) is 40.3 Å². The Kier molecular flexibility index (Phi) is 5.23. The molecule has 2 aromatic rings. The van der Waals surface area contributed by atoms with E-state index in [-0.39, 0.29) is 4.90 Å². The fourth-order valence-electron chi connectivity index (χ4n) is 4.99. The van der Waals surface area contributed by atoms with Crippen molar-refractivity contribution in [3.05, 3.63) is 34.5 Å². The molecule has 10 heteroatoms. The second-order valence-electron chi connectivity index (χ2n) is 8.33. The Hall–Kier alpha value is -2.43. The first kappa shape index (κ1) is 20.5. The van der Waals surface area contributed by atoms with E-state index in [1.807, 2.05) is 0 Å². The van der Waals surface area contributed by atoms with Crippen molar-refractivity contribution in [3.8, 4) is 5.88 Å². The van der Waals surface area contributed by atoms with E-state index in [1.165, 1.54) is 17.3 Å². The fraction of sp³-hybridized carbons (Fsp3) is 0.524. The average Bonchev–Trinajstić information content (AvgIpc) is 3.46. The molecular weight excluding hydrogens is 418 g/mol. The molecule has 31 heavy (non-hydrogen) atoms. The molecule has 0 saturated carbocycles. The maximum atomic E-state index is 13.1. The van der Waals surface area contributed by atoms with Crippen molar-refractivity contribution < 1.29 is 18.5 Å². The van der Waals surface area contributed by atoms with Gasteiger partial charge in [0.2, 0.25) is 5.88 Å². The first-order chi connectivity index (χ1) is 15.0. The zero-order valence-electron chi connectivity index (χ0n) is 17.6. The third-order valence-electron chi connectivity index (χ3n) is 6.37. The van der Waals surface area contributed by atoms with Crippen molar-refractivity contribution >= 4 is 21.6 Å². The molecule has 1 unspecified atom stereocenters. The molecule has 0 bridgehead atoms. The van der Waals surface area contributed by atoms with Gasteiger partial charge in [0.25, 0.3) is 0 Å². The van der Waals surface area contributed by atoms with Crippen LogP contribution in [0, 0.1) is 0 Å². The number of ether oxygens (including phenoxy) is 2. The summed E-state index contributed by atoms with van der Waals surface area (Å²) in [6.07, 6.45) is 7.01. The number of fused-ring (bicyclic) bond motifs is 3. The van der Waals surface area contributed by atoms with E-state index in [2.05, 4.69) is 20.8 Å². The van der Waals surface area contributed by atoms with Crippen LogP contribution in [0.15, 0.2) is 21.5 Å². The zero-order chi connectivity index (χ0) is 21.6. The van der Waals surface area contributed by atoms with Gasteiger partial charge in [-0.15, -0.1) is 4.36 Å². The molecule has 3 aliphatic rings. The van der Waals surface area contributed by atoms with E-state index < -0.39 is 15.9 Å². The van der Waals surface area contributed by atoms with Crippen LogP contribution in [0.5, 0.6) is 5.88 Å². The number of carbonyl (C=O) groups excluding carboxylic acids is 1. The second kappa shape index (κ2) is 7.92. The lowest BCUT2D eigenvalue weighted by Crippen LogP contribution is -2.21. The molecule has 2 atom stereocenters. The lowest BCUT2D eigenvalue weighted by molar-refractivity contribution is 0.179. The van der Waals surface area contributed by atoms with E-state index >= 15 is 0 Å². The Morgan fingerprint density at radius 2 is 2.26 bits per heavy atom. The predicted octanol–water partition coefficient (Wildman–Crippen LogP) is 2.76. The van der Waals surface area contributed by atoms with E-state index in [0.29, 0.717) is 31.6 Å². The number of benzene rings is 1. The van der Waals surface area contributed by atoms with Gasteiger partial charge in [-0.05, 0) is 54.4 Å². The highest BCUT2D eigenvalue weighted by molar-refractivity contribution is 7.91. The maximum absolute atomic E-state index is 13.1. The molecule has 1 aliphatic heterocycles. The molecule has 1 aromatic heterocycles. The number of hydrogen-bond donors (Lipinski definition) is 2. The van der Waals surface area contributed by atoms with Crippen LogP contribution < -0.4 is 15.2 Å². The molecule has 0 fully saturated rings. The van der Waals surface area contributed by atoms with Crippen LogP contribution >= 0.6 is 0 Å². The standard InChI is InChI=1S/C21H27N5O4S/c1-29-12-14-6-7-16-17(14)10-13-4-2-5-15(13)19(16)24-21(27)25-31(22,28)18-11-23-26-8-3-9-30-20(18)26/h10-11,14H,2-9,12H2,1H3,(H3,22,24,25,27,28)/t14-,31?/m1/s1. The largest absolute Gasteiger partial charge is 0.477 e. The summed E-state index contributed by atoms with van der Waals surface area (Å²) < 4.78 is 29.6. The third kappa shape index (κ3) is 3.62. The first-order valence-corrected chi connectivity index (χ1v) is 12.3. The molecule has 0 spiro atoms. The highest BCUT2D eigenvalue weighted by Gasteiger charge is 2.31. The molecule has 9 nitrogen and oxygen atoms in total. The van der Waals surface area contributed by atoms with Crippen LogP contribution in [0.2, 0.25) is 0 Å². The Morgan fingerprint density at radius 1 is 1.39 bits per heavy atom. The summed E-state index contributed by atoms with van der Waals surface area (Å²) in [4.78, 5) is 13.0. The van der Waals surface area contributed by atoms with Gasteiger partial charge in [0.05, 0.1) is 19.4 Å². The summed E-state index contributed by atoms with van der Waals surface area (Å²) in [7, 11) is -1.78. The van der Waals surface area contributed by atoms with E-state index in [0.717, 1.165) is 55.3 Å².